The van der Waals surface area contributed by atoms with Gasteiger partial charge < -0.3 is 15.2 Å². The lowest BCUT2D eigenvalue weighted by Gasteiger charge is -2.09. The molecule has 1 aromatic carbocycles. The maximum Gasteiger partial charge on any atom is 0.320 e. The quantitative estimate of drug-likeness (QED) is 0.766. The highest BCUT2D eigenvalue weighted by molar-refractivity contribution is 5.72. The summed E-state index contributed by atoms with van der Waals surface area (Å²) in [5.41, 5.74) is 1.00. The van der Waals surface area contributed by atoms with E-state index in [0.717, 1.165) is 11.3 Å². The Hall–Kier alpha value is -1.55. The standard InChI is InChI=1S/C11H15NO3/c1-8(11(13)14)12-7-9-4-3-5-10(6-9)15-2/h3-6,8,12H,7H2,1-2H3,(H,13,14)/t8-/m0/s1. The van der Waals surface area contributed by atoms with Gasteiger partial charge in [0.1, 0.15) is 11.8 Å². The highest BCUT2D eigenvalue weighted by atomic mass is 16.5. The Kier molecular flexibility index (Phi) is 4.12. The summed E-state index contributed by atoms with van der Waals surface area (Å²) in [5.74, 6) is -0.0739. The average molecular weight is 209 g/mol. The summed E-state index contributed by atoms with van der Waals surface area (Å²) >= 11 is 0. The zero-order valence-electron chi connectivity index (χ0n) is 8.86. The van der Waals surface area contributed by atoms with Gasteiger partial charge in [-0.1, -0.05) is 12.1 Å². The van der Waals surface area contributed by atoms with Crippen molar-refractivity contribution in [3.05, 3.63) is 29.8 Å². The third kappa shape index (κ3) is 3.59. The van der Waals surface area contributed by atoms with Crippen molar-refractivity contribution in [2.45, 2.75) is 19.5 Å². The number of carbonyl (C=O) groups is 1. The first kappa shape index (κ1) is 11.5. The number of benzene rings is 1. The molecule has 0 heterocycles. The number of hydrogen-bond donors (Lipinski definition) is 2. The number of aliphatic carboxylic acids is 1. The van der Waals surface area contributed by atoms with E-state index in [-0.39, 0.29) is 0 Å². The van der Waals surface area contributed by atoms with Gasteiger partial charge in [-0.25, -0.2) is 0 Å². The summed E-state index contributed by atoms with van der Waals surface area (Å²) in [7, 11) is 1.60. The van der Waals surface area contributed by atoms with E-state index in [1.807, 2.05) is 24.3 Å². The Bertz CT molecular complexity index is 338. The van der Waals surface area contributed by atoms with Gasteiger partial charge in [-0.05, 0) is 24.6 Å². The minimum absolute atomic E-state index is 0.519. The van der Waals surface area contributed by atoms with Crippen molar-refractivity contribution in [2.24, 2.45) is 0 Å². The lowest BCUT2D eigenvalue weighted by molar-refractivity contribution is -0.139. The molecule has 0 saturated heterocycles. The SMILES string of the molecule is COc1cccc(CN[C@@H](C)C(=O)O)c1. The fourth-order valence-corrected chi connectivity index (χ4v) is 1.14. The van der Waals surface area contributed by atoms with Crippen LogP contribution in [0, 0.1) is 0 Å². The molecular formula is C11H15NO3. The summed E-state index contributed by atoms with van der Waals surface area (Å²) < 4.78 is 5.07. The first-order valence-electron chi connectivity index (χ1n) is 4.72. The summed E-state index contributed by atoms with van der Waals surface area (Å²) in [6.07, 6.45) is 0. The second-order valence-corrected chi connectivity index (χ2v) is 3.29. The van der Waals surface area contributed by atoms with Crippen molar-refractivity contribution in [3.8, 4) is 5.75 Å². The van der Waals surface area contributed by atoms with Crippen LogP contribution in [-0.2, 0) is 11.3 Å². The Balaban J connectivity index is 2.53. The van der Waals surface area contributed by atoms with E-state index in [4.69, 9.17) is 9.84 Å². The number of methoxy groups -OCH3 is 1. The molecule has 0 spiro atoms. The van der Waals surface area contributed by atoms with Crippen molar-refractivity contribution in [3.63, 3.8) is 0 Å². The number of carboxylic acid groups (broad SMARTS) is 1. The fourth-order valence-electron chi connectivity index (χ4n) is 1.14. The zero-order chi connectivity index (χ0) is 11.3. The van der Waals surface area contributed by atoms with Gasteiger partial charge in [0.05, 0.1) is 7.11 Å². The Morgan fingerprint density at radius 1 is 1.60 bits per heavy atom. The van der Waals surface area contributed by atoms with Crippen molar-refractivity contribution in [2.75, 3.05) is 7.11 Å². The first-order valence-corrected chi connectivity index (χ1v) is 4.72. The predicted molar refractivity (Wildman–Crippen MR) is 56.9 cm³/mol. The summed E-state index contributed by atoms with van der Waals surface area (Å²) in [5, 5.41) is 11.6. The number of ether oxygens (including phenoxy) is 1. The minimum Gasteiger partial charge on any atom is -0.497 e. The van der Waals surface area contributed by atoms with Crippen molar-refractivity contribution in [1.82, 2.24) is 5.32 Å². The van der Waals surface area contributed by atoms with E-state index in [2.05, 4.69) is 5.32 Å². The maximum atomic E-state index is 10.6. The largest absolute Gasteiger partial charge is 0.497 e. The highest BCUT2D eigenvalue weighted by Gasteiger charge is 2.09. The molecule has 1 aromatic rings. The molecule has 0 amide bonds. The highest BCUT2D eigenvalue weighted by Crippen LogP contribution is 2.12. The molecule has 2 N–H and O–H groups in total. The molecule has 0 bridgehead atoms. The van der Waals surface area contributed by atoms with Crippen LogP contribution in [0.3, 0.4) is 0 Å². The zero-order valence-corrected chi connectivity index (χ0v) is 8.86. The average Bonchev–Trinajstić information content (AvgIpc) is 2.26. The summed E-state index contributed by atoms with van der Waals surface area (Å²) in [6.45, 7) is 2.13. The van der Waals surface area contributed by atoms with Gasteiger partial charge in [0.25, 0.3) is 0 Å². The third-order valence-corrected chi connectivity index (χ3v) is 2.12. The second-order valence-electron chi connectivity index (χ2n) is 3.29. The maximum absolute atomic E-state index is 10.6. The van der Waals surface area contributed by atoms with Crippen molar-refractivity contribution < 1.29 is 14.6 Å². The molecule has 1 rings (SSSR count). The van der Waals surface area contributed by atoms with Crippen LogP contribution in [0.5, 0.6) is 5.75 Å². The smallest absolute Gasteiger partial charge is 0.320 e. The monoisotopic (exact) mass is 209 g/mol. The minimum atomic E-state index is -0.849. The van der Waals surface area contributed by atoms with Crippen LogP contribution in [0.4, 0.5) is 0 Å². The van der Waals surface area contributed by atoms with E-state index in [1.54, 1.807) is 14.0 Å². The number of nitrogens with one attached hydrogen (secondary N) is 1. The second kappa shape index (κ2) is 5.36. The molecule has 0 radical (unpaired) electrons. The first-order chi connectivity index (χ1) is 7.13. The van der Waals surface area contributed by atoms with E-state index in [0.29, 0.717) is 6.54 Å². The van der Waals surface area contributed by atoms with Crippen molar-refractivity contribution in [1.29, 1.82) is 0 Å². The molecule has 0 aliphatic carbocycles. The van der Waals surface area contributed by atoms with Gasteiger partial charge in [0, 0.05) is 6.54 Å². The molecule has 0 saturated carbocycles. The van der Waals surface area contributed by atoms with Gasteiger partial charge in [-0.2, -0.15) is 0 Å². The molecule has 1 atom stereocenters. The van der Waals surface area contributed by atoms with Gasteiger partial charge >= 0.3 is 5.97 Å². The van der Waals surface area contributed by atoms with Crippen LogP contribution in [0.25, 0.3) is 0 Å². The molecular weight excluding hydrogens is 194 g/mol. The van der Waals surface area contributed by atoms with Crippen LogP contribution in [-0.4, -0.2) is 24.2 Å². The molecule has 82 valence electrons. The molecule has 4 heteroatoms. The van der Waals surface area contributed by atoms with Gasteiger partial charge in [0.15, 0.2) is 0 Å². The molecule has 0 unspecified atom stereocenters. The number of rotatable bonds is 5. The molecule has 15 heavy (non-hydrogen) atoms. The van der Waals surface area contributed by atoms with Crippen LogP contribution in [0.15, 0.2) is 24.3 Å². The van der Waals surface area contributed by atoms with Gasteiger partial charge in [0.2, 0.25) is 0 Å². The Morgan fingerprint density at radius 2 is 2.33 bits per heavy atom. The predicted octanol–water partition coefficient (Wildman–Crippen LogP) is 1.26. The normalized spacial score (nSPS) is 12.1. The molecule has 4 nitrogen and oxygen atoms in total. The lowest BCUT2D eigenvalue weighted by Crippen LogP contribution is -2.33. The van der Waals surface area contributed by atoms with Gasteiger partial charge in [-0.15, -0.1) is 0 Å². The van der Waals surface area contributed by atoms with E-state index >= 15 is 0 Å². The fraction of sp³-hybridized carbons (Fsp3) is 0.364. The van der Waals surface area contributed by atoms with Crippen molar-refractivity contribution >= 4 is 5.97 Å². The third-order valence-electron chi connectivity index (χ3n) is 2.12. The molecule has 0 aliphatic rings. The van der Waals surface area contributed by atoms with E-state index < -0.39 is 12.0 Å². The van der Waals surface area contributed by atoms with Crippen LogP contribution in [0.2, 0.25) is 0 Å². The van der Waals surface area contributed by atoms with Crippen LogP contribution in [0.1, 0.15) is 12.5 Å². The number of carboxylic acids is 1. The molecule has 0 aliphatic heterocycles. The van der Waals surface area contributed by atoms with Crippen LogP contribution < -0.4 is 10.1 Å². The molecule has 0 fully saturated rings. The number of hydrogen-bond acceptors (Lipinski definition) is 3. The van der Waals surface area contributed by atoms with E-state index in [9.17, 15) is 4.79 Å². The van der Waals surface area contributed by atoms with Gasteiger partial charge in [-0.3, -0.25) is 4.79 Å². The summed E-state index contributed by atoms with van der Waals surface area (Å²) in [6, 6.07) is 6.98. The Labute approximate surface area is 88.9 Å². The lowest BCUT2D eigenvalue weighted by atomic mass is 10.2. The molecule has 0 aromatic heterocycles. The summed E-state index contributed by atoms with van der Waals surface area (Å²) in [4.78, 5) is 10.6. The topological polar surface area (TPSA) is 58.6 Å². The van der Waals surface area contributed by atoms with E-state index in [1.165, 1.54) is 0 Å². The Morgan fingerprint density at radius 3 is 2.93 bits per heavy atom. The van der Waals surface area contributed by atoms with Crippen LogP contribution >= 0.6 is 0 Å².